The van der Waals surface area contributed by atoms with Gasteiger partial charge in [0.1, 0.15) is 10.8 Å². The topological polar surface area (TPSA) is 58.4 Å². The molecule has 6 heteroatoms. The lowest BCUT2D eigenvalue weighted by Crippen LogP contribution is -2.43. The van der Waals surface area contributed by atoms with Crippen LogP contribution in [-0.4, -0.2) is 34.9 Å². The molecular weight excluding hydrogens is 289 g/mol. The Balaban J connectivity index is 1.96. The molecule has 1 fully saturated rings. The fraction of sp³-hybridized carbons (Fsp3) is 0.467. The van der Waals surface area contributed by atoms with Crippen LogP contribution < -0.4 is 11.1 Å². The van der Waals surface area contributed by atoms with Crippen LogP contribution in [0.2, 0.25) is 0 Å². The van der Waals surface area contributed by atoms with Crippen molar-refractivity contribution in [3.63, 3.8) is 0 Å². The van der Waals surface area contributed by atoms with Crippen LogP contribution in [0.15, 0.2) is 18.2 Å². The quantitative estimate of drug-likeness (QED) is 0.829. The molecule has 1 saturated heterocycles. The zero-order valence-electron chi connectivity index (χ0n) is 12.1. The summed E-state index contributed by atoms with van der Waals surface area (Å²) in [5, 5.41) is 2.93. The average molecular weight is 309 g/mol. The van der Waals surface area contributed by atoms with E-state index in [4.69, 9.17) is 18.0 Å². The number of hydrogen-bond donors (Lipinski definition) is 2. The van der Waals surface area contributed by atoms with E-state index in [-0.39, 0.29) is 22.8 Å². The number of amides is 1. The van der Waals surface area contributed by atoms with Crippen molar-refractivity contribution in [3.8, 4) is 0 Å². The highest BCUT2D eigenvalue weighted by Gasteiger charge is 2.21. The summed E-state index contributed by atoms with van der Waals surface area (Å²) in [5.74, 6) is -0.322. The molecule has 0 radical (unpaired) electrons. The van der Waals surface area contributed by atoms with Gasteiger partial charge in [-0.1, -0.05) is 24.4 Å². The van der Waals surface area contributed by atoms with Crippen molar-refractivity contribution in [3.05, 3.63) is 35.1 Å². The Morgan fingerprint density at radius 1 is 1.48 bits per heavy atom. The van der Waals surface area contributed by atoms with Gasteiger partial charge in [-0.25, -0.2) is 4.39 Å². The van der Waals surface area contributed by atoms with Crippen LogP contribution in [0.3, 0.4) is 0 Å². The first-order valence-electron chi connectivity index (χ1n) is 7.04. The molecule has 21 heavy (non-hydrogen) atoms. The summed E-state index contributed by atoms with van der Waals surface area (Å²) in [6.45, 7) is 3.74. The highest BCUT2D eigenvalue weighted by atomic mass is 32.1. The maximum Gasteiger partial charge on any atom is 0.217 e. The van der Waals surface area contributed by atoms with E-state index in [1.165, 1.54) is 6.92 Å². The number of nitrogens with one attached hydrogen (secondary N) is 1. The van der Waals surface area contributed by atoms with Crippen LogP contribution in [0.5, 0.6) is 0 Å². The minimum absolute atomic E-state index is 0.00338. The molecule has 114 valence electrons. The van der Waals surface area contributed by atoms with Crippen molar-refractivity contribution in [2.45, 2.75) is 32.4 Å². The Bertz CT molecular complexity index is 542. The van der Waals surface area contributed by atoms with Gasteiger partial charge in [0.25, 0.3) is 0 Å². The highest BCUT2D eigenvalue weighted by Crippen LogP contribution is 2.18. The minimum Gasteiger partial charge on any atom is -0.389 e. The van der Waals surface area contributed by atoms with Crippen LogP contribution in [0.1, 0.15) is 30.9 Å². The maximum absolute atomic E-state index is 14.3. The zero-order valence-corrected chi connectivity index (χ0v) is 12.9. The number of piperidine rings is 1. The van der Waals surface area contributed by atoms with Gasteiger partial charge in [-0.05, 0) is 18.9 Å². The molecule has 2 rings (SSSR count). The molecule has 0 spiro atoms. The third-order valence-corrected chi connectivity index (χ3v) is 3.95. The summed E-state index contributed by atoms with van der Waals surface area (Å²) in [7, 11) is 0. The summed E-state index contributed by atoms with van der Waals surface area (Å²) >= 11 is 4.85. The lowest BCUT2D eigenvalue weighted by molar-refractivity contribution is -0.119. The van der Waals surface area contributed by atoms with E-state index in [2.05, 4.69) is 10.2 Å². The molecule has 3 N–H and O–H groups in total. The molecule has 0 bridgehead atoms. The fourth-order valence-electron chi connectivity index (χ4n) is 2.66. The number of hydrogen-bond acceptors (Lipinski definition) is 3. The first-order chi connectivity index (χ1) is 9.97. The second-order valence-electron chi connectivity index (χ2n) is 5.39. The molecule has 1 aromatic carbocycles. The smallest absolute Gasteiger partial charge is 0.217 e. The first kappa shape index (κ1) is 15.9. The Morgan fingerprint density at radius 3 is 2.71 bits per heavy atom. The number of thiocarbonyl (C=S) groups is 1. The number of likely N-dealkylation sites (tertiary alicyclic amines) is 1. The van der Waals surface area contributed by atoms with Gasteiger partial charge >= 0.3 is 0 Å². The summed E-state index contributed by atoms with van der Waals surface area (Å²) in [6, 6.07) is 5.37. The normalized spacial score (nSPS) is 16.7. The fourth-order valence-corrected chi connectivity index (χ4v) is 2.81. The molecule has 1 aliphatic heterocycles. The second kappa shape index (κ2) is 6.95. The predicted molar refractivity (Wildman–Crippen MR) is 84.4 cm³/mol. The van der Waals surface area contributed by atoms with E-state index >= 15 is 0 Å². The Morgan fingerprint density at radius 2 is 2.14 bits per heavy atom. The van der Waals surface area contributed by atoms with Crippen LogP contribution in [0, 0.1) is 5.82 Å². The number of rotatable bonds is 4. The molecule has 0 unspecified atom stereocenters. The van der Waals surface area contributed by atoms with Gasteiger partial charge < -0.3 is 11.1 Å². The molecule has 0 atom stereocenters. The lowest BCUT2D eigenvalue weighted by atomic mass is 10.0. The number of halogens is 1. The maximum atomic E-state index is 14.3. The van der Waals surface area contributed by atoms with Gasteiger partial charge in [0.15, 0.2) is 0 Å². The van der Waals surface area contributed by atoms with E-state index in [9.17, 15) is 9.18 Å². The summed E-state index contributed by atoms with van der Waals surface area (Å²) in [4.78, 5) is 13.3. The number of benzene rings is 1. The van der Waals surface area contributed by atoms with Crippen molar-refractivity contribution in [2.75, 3.05) is 13.1 Å². The van der Waals surface area contributed by atoms with Gasteiger partial charge in [-0.15, -0.1) is 0 Å². The number of nitrogens with two attached hydrogens (primary N) is 1. The lowest BCUT2D eigenvalue weighted by Gasteiger charge is -2.32. The van der Waals surface area contributed by atoms with Crippen LogP contribution in [0.4, 0.5) is 4.39 Å². The van der Waals surface area contributed by atoms with Crippen molar-refractivity contribution >= 4 is 23.1 Å². The van der Waals surface area contributed by atoms with Gasteiger partial charge in [-0.3, -0.25) is 9.69 Å². The van der Waals surface area contributed by atoms with E-state index in [0.29, 0.717) is 17.7 Å². The van der Waals surface area contributed by atoms with E-state index in [0.717, 1.165) is 25.9 Å². The summed E-state index contributed by atoms with van der Waals surface area (Å²) < 4.78 is 14.3. The van der Waals surface area contributed by atoms with Crippen LogP contribution >= 0.6 is 12.2 Å². The van der Waals surface area contributed by atoms with Crippen molar-refractivity contribution in [1.82, 2.24) is 10.2 Å². The predicted octanol–water partition coefficient (Wildman–Crippen LogP) is 1.56. The highest BCUT2D eigenvalue weighted by molar-refractivity contribution is 7.80. The van der Waals surface area contributed by atoms with Crippen LogP contribution in [0.25, 0.3) is 0 Å². The molecule has 0 aliphatic carbocycles. The van der Waals surface area contributed by atoms with Crippen LogP contribution in [-0.2, 0) is 11.3 Å². The molecule has 0 saturated carbocycles. The molecule has 1 aliphatic rings. The first-order valence-corrected chi connectivity index (χ1v) is 7.45. The van der Waals surface area contributed by atoms with Gasteiger partial charge in [0.05, 0.1) is 0 Å². The van der Waals surface area contributed by atoms with Crippen molar-refractivity contribution in [2.24, 2.45) is 5.73 Å². The Hall–Kier alpha value is -1.53. The SMILES string of the molecule is CC(=O)NC1CCN(Cc2cccc(C(N)=S)c2F)CC1. The molecule has 1 aromatic rings. The number of nitrogens with zero attached hydrogens (tertiary/aromatic N) is 1. The summed E-state index contributed by atoms with van der Waals surface area (Å²) in [5.41, 5.74) is 6.43. The third kappa shape index (κ3) is 4.22. The molecule has 0 aromatic heterocycles. The van der Waals surface area contributed by atoms with Crippen molar-refractivity contribution < 1.29 is 9.18 Å². The number of carbonyl (C=O) groups is 1. The Labute approximate surface area is 129 Å². The molecule has 1 amide bonds. The second-order valence-corrected chi connectivity index (χ2v) is 5.83. The largest absolute Gasteiger partial charge is 0.389 e. The van der Waals surface area contributed by atoms with E-state index in [1.54, 1.807) is 18.2 Å². The monoisotopic (exact) mass is 309 g/mol. The average Bonchev–Trinajstić information content (AvgIpc) is 2.42. The minimum atomic E-state index is -0.325. The van der Waals surface area contributed by atoms with Gasteiger partial charge in [-0.2, -0.15) is 0 Å². The van der Waals surface area contributed by atoms with Gasteiger partial charge in [0, 0.05) is 43.7 Å². The molecule has 4 nitrogen and oxygen atoms in total. The molecule has 1 heterocycles. The number of carbonyl (C=O) groups excluding carboxylic acids is 1. The van der Waals surface area contributed by atoms with E-state index in [1.807, 2.05) is 0 Å². The standard InChI is InChI=1S/C15H20FN3OS/c1-10(20)18-12-5-7-19(8-6-12)9-11-3-2-4-13(14(11)16)15(17)21/h2-4,12H,5-9H2,1H3,(H2,17,21)(H,18,20). The van der Waals surface area contributed by atoms with Gasteiger partial charge in [0.2, 0.25) is 5.91 Å². The summed E-state index contributed by atoms with van der Waals surface area (Å²) in [6.07, 6.45) is 1.77. The Kier molecular flexibility index (Phi) is 5.25. The zero-order chi connectivity index (χ0) is 15.4. The third-order valence-electron chi connectivity index (χ3n) is 3.73. The van der Waals surface area contributed by atoms with Crippen molar-refractivity contribution in [1.29, 1.82) is 0 Å². The van der Waals surface area contributed by atoms with E-state index < -0.39 is 0 Å². The molecular formula is C15H20FN3OS.